The van der Waals surface area contributed by atoms with E-state index >= 15 is 0 Å². The van der Waals surface area contributed by atoms with Crippen LogP contribution in [0.15, 0.2) is 28.9 Å². The Labute approximate surface area is 110 Å². The summed E-state index contributed by atoms with van der Waals surface area (Å²) >= 11 is 0. The first-order valence-electron chi connectivity index (χ1n) is 6.13. The van der Waals surface area contributed by atoms with Crippen LogP contribution in [0.2, 0.25) is 0 Å². The molecule has 19 heavy (non-hydrogen) atoms. The summed E-state index contributed by atoms with van der Waals surface area (Å²) in [7, 11) is 0. The summed E-state index contributed by atoms with van der Waals surface area (Å²) in [6.07, 6.45) is 1.55. The van der Waals surface area contributed by atoms with Gasteiger partial charge < -0.3 is 14.8 Å². The van der Waals surface area contributed by atoms with E-state index in [1.807, 2.05) is 13.8 Å². The van der Waals surface area contributed by atoms with Gasteiger partial charge in [-0.15, -0.1) is 0 Å². The molecule has 0 aromatic carbocycles. The highest BCUT2D eigenvalue weighted by Gasteiger charge is 2.18. The molecule has 0 spiro atoms. The van der Waals surface area contributed by atoms with Crippen molar-refractivity contribution in [2.24, 2.45) is 5.92 Å². The number of rotatable bonds is 5. The first-order valence-corrected chi connectivity index (χ1v) is 6.13. The lowest BCUT2D eigenvalue weighted by molar-refractivity contribution is 0.0892. The van der Waals surface area contributed by atoms with Gasteiger partial charge in [0.25, 0.3) is 5.91 Å². The van der Waals surface area contributed by atoms with Crippen molar-refractivity contribution in [1.82, 2.24) is 15.5 Å². The van der Waals surface area contributed by atoms with Gasteiger partial charge in [0.2, 0.25) is 0 Å². The quantitative estimate of drug-likeness (QED) is 0.760. The molecular weight excluding hydrogens is 246 g/mol. The summed E-state index contributed by atoms with van der Waals surface area (Å²) in [4.78, 5) is 12.0. The minimum Gasteiger partial charge on any atom is -0.463 e. The van der Waals surface area contributed by atoms with Crippen LogP contribution in [0.5, 0.6) is 0 Å². The molecule has 0 radical (unpaired) electrons. The summed E-state index contributed by atoms with van der Waals surface area (Å²) in [6.45, 7) is 3.76. The Balaban J connectivity index is 2.08. The lowest BCUT2D eigenvalue weighted by Gasteiger charge is -2.18. The highest BCUT2D eigenvalue weighted by Crippen LogP contribution is 2.17. The van der Waals surface area contributed by atoms with Crippen LogP contribution in [0.3, 0.4) is 0 Å². The Kier molecular flexibility index (Phi) is 4.01. The number of aromatic amines is 1. The third kappa shape index (κ3) is 3.03. The van der Waals surface area contributed by atoms with Crippen molar-refractivity contribution in [3.8, 4) is 11.5 Å². The number of furan rings is 1. The summed E-state index contributed by atoms with van der Waals surface area (Å²) in [5, 5.41) is 18.6. The Morgan fingerprint density at radius 3 is 2.95 bits per heavy atom. The minimum absolute atomic E-state index is 0.0983. The molecule has 102 valence electrons. The zero-order valence-corrected chi connectivity index (χ0v) is 10.9. The number of aliphatic hydroxyl groups excluding tert-OH is 1. The second-order valence-corrected chi connectivity index (χ2v) is 4.65. The van der Waals surface area contributed by atoms with Gasteiger partial charge in [0.1, 0.15) is 5.69 Å². The van der Waals surface area contributed by atoms with E-state index in [0.717, 1.165) is 0 Å². The van der Waals surface area contributed by atoms with Crippen molar-refractivity contribution in [3.05, 3.63) is 30.2 Å². The lowest BCUT2D eigenvalue weighted by Crippen LogP contribution is -2.41. The number of hydrogen-bond acceptors (Lipinski definition) is 4. The van der Waals surface area contributed by atoms with Crippen molar-refractivity contribution >= 4 is 5.91 Å². The number of aliphatic hydroxyl groups is 1. The fraction of sp³-hybridized carbons (Fsp3) is 0.385. The van der Waals surface area contributed by atoms with Crippen molar-refractivity contribution < 1.29 is 14.3 Å². The zero-order valence-electron chi connectivity index (χ0n) is 10.9. The van der Waals surface area contributed by atoms with E-state index < -0.39 is 0 Å². The van der Waals surface area contributed by atoms with Crippen LogP contribution in [-0.2, 0) is 0 Å². The van der Waals surface area contributed by atoms with Crippen LogP contribution in [-0.4, -0.2) is 33.9 Å². The predicted molar refractivity (Wildman–Crippen MR) is 69.5 cm³/mol. The molecule has 6 heteroatoms. The maximum absolute atomic E-state index is 12.0. The zero-order chi connectivity index (χ0) is 13.8. The first-order chi connectivity index (χ1) is 9.11. The smallest absolute Gasteiger partial charge is 0.272 e. The Morgan fingerprint density at radius 1 is 1.58 bits per heavy atom. The molecule has 0 aliphatic heterocycles. The minimum atomic E-state index is -0.318. The average molecular weight is 263 g/mol. The predicted octanol–water partition coefficient (Wildman–Crippen LogP) is 1.42. The van der Waals surface area contributed by atoms with E-state index in [-0.39, 0.29) is 30.2 Å². The molecule has 2 aromatic heterocycles. The molecule has 0 aliphatic rings. The van der Waals surface area contributed by atoms with Gasteiger partial charge in [-0.05, 0) is 18.1 Å². The van der Waals surface area contributed by atoms with Gasteiger partial charge in [0.05, 0.1) is 18.9 Å². The normalized spacial score (nSPS) is 12.6. The Bertz CT molecular complexity index is 531. The van der Waals surface area contributed by atoms with Crippen molar-refractivity contribution in [3.63, 3.8) is 0 Å². The summed E-state index contributed by atoms with van der Waals surface area (Å²) in [6, 6.07) is 4.87. The van der Waals surface area contributed by atoms with Gasteiger partial charge in [-0.25, -0.2) is 0 Å². The average Bonchev–Trinajstić information content (AvgIpc) is 3.04. The monoisotopic (exact) mass is 263 g/mol. The summed E-state index contributed by atoms with van der Waals surface area (Å²) in [5.74, 6) is 0.452. The van der Waals surface area contributed by atoms with Gasteiger partial charge in [0.15, 0.2) is 11.5 Å². The van der Waals surface area contributed by atoms with E-state index in [9.17, 15) is 9.90 Å². The summed E-state index contributed by atoms with van der Waals surface area (Å²) < 4.78 is 5.21. The third-order valence-electron chi connectivity index (χ3n) is 2.92. The van der Waals surface area contributed by atoms with E-state index in [4.69, 9.17) is 4.42 Å². The van der Waals surface area contributed by atoms with E-state index in [1.54, 1.807) is 24.5 Å². The molecule has 0 unspecified atom stereocenters. The van der Waals surface area contributed by atoms with E-state index in [2.05, 4.69) is 15.5 Å². The second-order valence-electron chi connectivity index (χ2n) is 4.65. The Hall–Kier alpha value is -2.08. The topological polar surface area (TPSA) is 91.1 Å². The molecule has 0 saturated carbocycles. The van der Waals surface area contributed by atoms with Crippen LogP contribution in [0.1, 0.15) is 24.3 Å². The van der Waals surface area contributed by atoms with Gasteiger partial charge in [0, 0.05) is 6.07 Å². The van der Waals surface area contributed by atoms with E-state index in [0.29, 0.717) is 11.5 Å². The van der Waals surface area contributed by atoms with Crippen molar-refractivity contribution in [2.45, 2.75) is 19.9 Å². The Morgan fingerprint density at radius 2 is 2.37 bits per heavy atom. The molecule has 0 bridgehead atoms. The standard InChI is InChI=1S/C13H17N3O3/c1-8(2)11(7-17)14-13(18)10-6-9(15-16-10)12-4-3-5-19-12/h3-6,8,11,17H,7H2,1-2H3,(H,14,18)(H,15,16)/t11-/m1/s1. The van der Waals surface area contributed by atoms with Crippen molar-refractivity contribution in [2.75, 3.05) is 6.61 Å². The van der Waals surface area contributed by atoms with E-state index in [1.165, 1.54) is 0 Å². The third-order valence-corrected chi connectivity index (χ3v) is 2.92. The van der Waals surface area contributed by atoms with Crippen molar-refractivity contribution in [1.29, 1.82) is 0 Å². The summed E-state index contributed by atoms with van der Waals surface area (Å²) in [5.41, 5.74) is 0.908. The van der Waals surface area contributed by atoms with Crippen LogP contribution in [0.25, 0.3) is 11.5 Å². The fourth-order valence-corrected chi connectivity index (χ4v) is 1.66. The number of carbonyl (C=O) groups excluding carboxylic acids is 1. The highest BCUT2D eigenvalue weighted by molar-refractivity contribution is 5.93. The molecule has 2 heterocycles. The molecule has 1 amide bonds. The fourth-order valence-electron chi connectivity index (χ4n) is 1.66. The maximum atomic E-state index is 12.0. The molecule has 0 aliphatic carbocycles. The molecular formula is C13H17N3O3. The lowest BCUT2D eigenvalue weighted by atomic mass is 10.1. The molecule has 0 fully saturated rings. The number of H-pyrrole nitrogens is 1. The van der Waals surface area contributed by atoms with Crippen LogP contribution < -0.4 is 5.32 Å². The number of hydrogen-bond donors (Lipinski definition) is 3. The number of carbonyl (C=O) groups is 1. The largest absolute Gasteiger partial charge is 0.463 e. The van der Waals surface area contributed by atoms with Gasteiger partial charge in [-0.1, -0.05) is 13.8 Å². The molecule has 2 aromatic rings. The highest BCUT2D eigenvalue weighted by atomic mass is 16.3. The number of nitrogens with zero attached hydrogens (tertiary/aromatic N) is 1. The molecule has 2 rings (SSSR count). The van der Waals surface area contributed by atoms with Gasteiger partial charge in [-0.3, -0.25) is 9.89 Å². The van der Waals surface area contributed by atoms with Gasteiger partial charge >= 0.3 is 0 Å². The second kappa shape index (κ2) is 5.71. The number of aromatic nitrogens is 2. The van der Waals surface area contributed by atoms with Crippen LogP contribution >= 0.6 is 0 Å². The SMILES string of the molecule is CC(C)[C@@H](CO)NC(=O)c1cc(-c2ccco2)[nH]n1. The number of nitrogens with one attached hydrogen (secondary N) is 2. The molecule has 6 nitrogen and oxygen atoms in total. The number of amides is 1. The molecule has 0 saturated heterocycles. The molecule has 1 atom stereocenters. The van der Waals surface area contributed by atoms with Crippen LogP contribution in [0, 0.1) is 5.92 Å². The van der Waals surface area contributed by atoms with Crippen LogP contribution in [0.4, 0.5) is 0 Å². The first kappa shape index (κ1) is 13.4. The maximum Gasteiger partial charge on any atom is 0.272 e. The van der Waals surface area contributed by atoms with Gasteiger partial charge in [-0.2, -0.15) is 5.10 Å². The molecule has 3 N–H and O–H groups in total.